The van der Waals surface area contributed by atoms with Gasteiger partial charge in [0.05, 0.1) is 12.2 Å². The molecule has 1 heterocycles. The molecule has 1 aliphatic carbocycles. The average Bonchev–Trinajstić information content (AvgIpc) is 2.73. The van der Waals surface area contributed by atoms with E-state index in [1.807, 2.05) is 25.6 Å². The second-order valence-electron chi connectivity index (χ2n) is 4.82. The van der Waals surface area contributed by atoms with Crippen LogP contribution in [0.15, 0.2) is 6.20 Å². The molecule has 0 saturated heterocycles. The first-order valence-electron chi connectivity index (χ1n) is 6.77. The predicted octanol–water partition coefficient (Wildman–Crippen LogP) is 0.974. The van der Waals surface area contributed by atoms with E-state index in [0.29, 0.717) is 13.1 Å². The maximum Gasteiger partial charge on any atom is 0.279 e. The van der Waals surface area contributed by atoms with Gasteiger partial charge in [-0.2, -0.15) is 22.5 Å². The van der Waals surface area contributed by atoms with Gasteiger partial charge in [0.2, 0.25) is 0 Å². The van der Waals surface area contributed by atoms with Crippen molar-refractivity contribution in [3.8, 4) is 0 Å². The molecule has 0 spiro atoms. The molecule has 0 aliphatic heterocycles. The zero-order valence-corrected chi connectivity index (χ0v) is 12.6. The number of rotatable bonds is 5. The smallest absolute Gasteiger partial charge is 0.272 e. The molecule has 1 aliphatic rings. The van der Waals surface area contributed by atoms with E-state index in [4.69, 9.17) is 0 Å². The summed E-state index contributed by atoms with van der Waals surface area (Å²) in [7, 11) is -1.51. The van der Waals surface area contributed by atoms with Crippen LogP contribution in [0.2, 0.25) is 0 Å². The van der Waals surface area contributed by atoms with Crippen molar-refractivity contribution >= 4 is 10.2 Å². The minimum atomic E-state index is -3.41. The van der Waals surface area contributed by atoms with Crippen LogP contribution in [0.4, 0.5) is 0 Å². The van der Waals surface area contributed by atoms with E-state index in [2.05, 4.69) is 9.82 Å². The molecule has 1 aromatic heterocycles. The highest BCUT2D eigenvalue weighted by molar-refractivity contribution is 7.87. The number of nitrogens with one attached hydrogen (secondary N) is 1. The van der Waals surface area contributed by atoms with Gasteiger partial charge in [0.1, 0.15) is 0 Å². The number of hydrogen-bond donors (Lipinski definition) is 1. The molecule has 6 nitrogen and oxygen atoms in total. The highest BCUT2D eigenvalue weighted by Crippen LogP contribution is 2.29. The quantitative estimate of drug-likeness (QED) is 0.877. The van der Waals surface area contributed by atoms with Gasteiger partial charge in [-0.15, -0.1) is 0 Å². The number of aryl methyl sites for hydroxylation is 1. The molecular formula is C12H22N4O2S. The standard InChI is InChI=1S/C12H22N4O2S/c1-4-16(5-2)19(17,18)14-11-7-6-8-12-10(11)9-13-15(12)3/h9,11,14H,4-8H2,1-3H3/t11-/m0/s1. The van der Waals surface area contributed by atoms with Crippen LogP contribution in [0.25, 0.3) is 0 Å². The van der Waals surface area contributed by atoms with Gasteiger partial charge in [-0.25, -0.2) is 0 Å². The van der Waals surface area contributed by atoms with E-state index in [9.17, 15) is 8.42 Å². The fourth-order valence-electron chi connectivity index (χ4n) is 2.65. The zero-order chi connectivity index (χ0) is 14.0. The van der Waals surface area contributed by atoms with E-state index in [1.54, 1.807) is 6.20 Å². The molecule has 1 N–H and O–H groups in total. The topological polar surface area (TPSA) is 67.2 Å². The molecule has 7 heteroatoms. The Balaban J connectivity index is 2.21. The lowest BCUT2D eigenvalue weighted by Gasteiger charge is -2.27. The normalized spacial score (nSPS) is 19.7. The molecule has 0 aromatic carbocycles. The number of fused-ring (bicyclic) bond motifs is 1. The van der Waals surface area contributed by atoms with Crippen LogP contribution in [0.1, 0.15) is 44.0 Å². The highest BCUT2D eigenvalue weighted by Gasteiger charge is 2.29. The first-order valence-corrected chi connectivity index (χ1v) is 8.21. The van der Waals surface area contributed by atoms with E-state index in [1.165, 1.54) is 4.31 Å². The Labute approximate surface area is 115 Å². The first kappa shape index (κ1) is 14.5. The number of aromatic nitrogens is 2. The van der Waals surface area contributed by atoms with Crippen molar-refractivity contribution in [1.82, 2.24) is 18.8 Å². The molecule has 2 rings (SSSR count). The van der Waals surface area contributed by atoms with E-state index >= 15 is 0 Å². The minimum Gasteiger partial charge on any atom is -0.272 e. The molecule has 0 amide bonds. The summed E-state index contributed by atoms with van der Waals surface area (Å²) in [6, 6.07) is -0.150. The Morgan fingerprint density at radius 2 is 2.16 bits per heavy atom. The largest absolute Gasteiger partial charge is 0.279 e. The third kappa shape index (κ3) is 2.82. The van der Waals surface area contributed by atoms with Gasteiger partial charge in [-0.3, -0.25) is 4.68 Å². The summed E-state index contributed by atoms with van der Waals surface area (Å²) < 4.78 is 30.6. The molecule has 0 unspecified atom stereocenters. The minimum absolute atomic E-state index is 0.150. The van der Waals surface area contributed by atoms with Crippen LogP contribution < -0.4 is 4.72 Å². The Hall–Kier alpha value is -0.920. The third-order valence-corrected chi connectivity index (χ3v) is 5.49. The van der Waals surface area contributed by atoms with Crippen molar-refractivity contribution in [2.75, 3.05) is 13.1 Å². The number of nitrogens with zero attached hydrogens (tertiary/aromatic N) is 3. The van der Waals surface area contributed by atoms with Gasteiger partial charge in [-0.1, -0.05) is 13.8 Å². The van der Waals surface area contributed by atoms with Crippen molar-refractivity contribution in [3.05, 3.63) is 17.5 Å². The van der Waals surface area contributed by atoms with Crippen molar-refractivity contribution in [1.29, 1.82) is 0 Å². The molecule has 1 atom stereocenters. The zero-order valence-electron chi connectivity index (χ0n) is 11.8. The third-order valence-electron chi connectivity index (χ3n) is 3.71. The van der Waals surface area contributed by atoms with Gasteiger partial charge in [-0.05, 0) is 19.3 Å². The lowest BCUT2D eigenvalue weighted by Crippen LogP contribution is -2.42. The molecule has 0 fully saturated rings. The lowest BCUT2D eigenvalue weighted by molar-refractivity contribution is 0.416. The lowest BCUT2D eigenvalue weighted by atomic mass is 9.94. The fraction of sp³-hybridized carbons (Fsp3) is 0.750. The SMILES string of the molecule is CCN(CC)S(=O)(=O)N[C@H]1CCCc2c1cnn2C. The monoisotopic (exact) mass is 286 g/mol. The van der Waals surface area contributed by atoms with Crippen molar-refractivity contribution < 1.29 is 8.42 Å². The summed E-state index contributed by atoms with van der Waals surface area (Å²) in [5.74, 6) is 0. The summed E-state index contributed by atoms with van der Waals surface area (Å²) >= 11 is 0. The average molecular weight is 286 g/mol. The maximum atomic E-state index is 12.3. The summed E-state index contributed by atoms with van der Waals surface area (Å²) in [4.78, 5) is 0. The van der Waals surface area contributed by atoms with E-state index in [-0.39, 0.29) is 6.04 Å². The van der Waals surface area contributed by atoms with Gasteiger partial charge < -0.3 is 0 Å². The summed E-state index contributed by atoms with van der Waals surface area (Å²) in [6.07, 6.45) is 4.57. The van der Waals surface area contributed by atoms with Crippen LogP contribution in [0.5, 0.6) is 0 Å². The van der Waals surface area contributed by atoms with Crippen LogP contribution >= 0.6 is 0 Å². The van der Waals surface area contributed by atoms with Crippen LogP contribution in [-0.2, 0) is 23.7 Å². The van der Waals surface area contributed by atoms with Gasteiger partial charge >= 0.3 is 0 Å². The molecule has 19 heavy (non-hydrogen) atoms. The van der Waals surface area contributed by atoms with Gasteiger partial charge in [0.25, 0.3) is 10.2 Å². The van der Waals surface area contributed by atoms with E-state index in [0.717, 1.165) is 30.5 Å². The molecule has 1 aromatic rings. The van der Waals surface area contributed by atoms with Crippen molar-refractivity contribution in [2.24, 2.45) is 7.05 Å². The molecule has 0 saturated carbocycles. The van der Waals surface area contributed by atoms with Crippen molar-refractivity contribution in [2.45, 2.75) is 39.2 Å². The summed E-state index contributed by atoms with van der Waals surface area (Å²) in [5.41, 5.74) is 2.16. The second kappa shape index (κ2) is 5.60. The molecule has 108 valence electrons. The Morgan fingerprint density at radius 3 is 2.79 bits per heavy atom. The maximum absolute atomic E-state index is 12.3. The molecular weight excluding hydrogens is 264 g/mol. The second-order valence-corrected chi connectivity index (χ2v) is 6.52. The summed E-state index contributed by atoms with van der Waals surface area (Å²) in [5, 5.41) is 4.23. The van der Waals surface area contributed by atoms with Crippen LogP contribution in [0, 0.1) is 0 Å². The van der Waals surface area contributed by atoms with Gasteiger partial charge in [0.15, 0.2) is 0 Å². The fourth-order valence-corrected chi connectivity index (χ4v) is 4.08. The van der Waals surface area contributed by atoms with Crippen LogP contribution in [0.3, 0.4) is 0 Å². The Kier molecular flexibility index (Phi) is 4.27. The van der Waals surface area contributed by atoms with Crippen LogP contribution in [-0.4, -0.2) is 35.6 Å². The van der Waals surface area contributed by atoms with Crippen molar-refractivity contribution in [3.63, 3.8) is 0 Å². The molecule has 0 radical (unpaired) electrons. The molecule has 0 bridgehead atoms. The predicted molar refractivity (Wildman–Crippen MR) is 73.9 cm³/mol. The highest BCUT2D eigenvalue weighted by atomic mass is 32.2. The Morgan fingerprint density at radius 1 is 1.47 bits per heavy atom. The number of hydrogen-bond acceptors (Lipinski definition) is 3. The Bertz CT molecular complexity index is 534. The summed E-state index contributed by atoms with van der Waals surface area (Å²) in [6.45, 7) is 4.66. The first-order chi connectivity index (χ1) is 8.99. The van der Waals surface area contributed by atoms with E-state index < -0.39 is 10.2 Å². The van der Waals surface area contributed by atoms with Gasteiger partial charge in [0, 0.05) is 31.4 Å².